The second-order valence-electron chi connectivity index (χ2n) is 2.57. The molecule has 6 nitrogen and oxygen atoms in total. The Bertz CT molecular complexity index is 295. The predicted octanol–water partition coefficient (Wildman–Crippen LogP) is -0.0939. The Labute approximate surface area is 73.1 Å². The van der Waals surface area contributed by atoms with E-state index in [9.17, 15) is 14.4 Å². The van der Waals surface area contributed by atoms with Gasteiger partial charge in [-0.1, -0.05) is 0 Å². The van der Waals surface area contributed by atoms with Crippen molar-refractivity contribution in [3.8, 4) is 0 Å². The van der Waals surface area contributed by atoms with Crippen LogP contribution >= 0.6 is 0 Å². The van der Waals surface area contributed by atoms with Crippen LogP contribution in [0.1, 0.15) is 6.42 Å². The fraction of sp³-hybridized carbons (Fsp3) is 0.286. The maximum atomic E-state index is 10.5. The monoisotopic (exact) mass is 185 g/mol. The van der Waals surface area contributed by atoms with Gasteiger partial charge in [-0.15, -0.1) is 0 Å². The number of amides is 1. The van der Waals surface area contributed by atoms with Crippen molar-refractivity contribution in [1.29, 1.82) is 0 Å². The molecule has 0 aromatic rings. The van der Waals surface area contributed by atoms with Crippen LogP contribution in [0.5, 0.6) is 0 Å². The van der Waals surface area contributed by atoms with Crippen LogP contribution in [-0.4, -0.2) is 39.5 Å². The lowest BCUT2D eigenvalue weighted by Crippen LogP contribution is -2.37. The topological polar surface area (TPSA) is 94.9 Å². The van der Waals surface area contributed by atoms with Crippen molar-refractivity contribution in [2.24, 2.45) is 0 Å². The number of carbonyl (C=O) groups is 3. The third-order valence-corrected chi connectivity index (χ3v) is 1.73. The Morgan fingerprint density at radius 3 is 2.46 bits per heavy atom. The van der Waals surface area contributed by atoms with Gasteiger partial charge in [0.2, 0.25) is 0 Å². The molecule has 0 aliphatic carbocycles. The van der Waals surface area contributed by atoms with Crippen molar-refractivity contribution in [3.05, 3.63) is 11.8 Å². The number of aldehydes is 1. The van der Waals surface area contributed by atoms with E-state index in [0.717, 1.165) is 6.20 Å². The molecule has 0 radical (unpaired) electrons. The second kappa shape index (κ2) is 3.26. The third kappa shape index (κ3) is 1.66. The summed E-state index contributed by atoms with van der Waals surface area (Å²) in [5.41, 5.74) is 0.176. The first-order valence-corrected chi connectivity index (χ1v) is 3.46. The predicted molar refractivity (Wildman–Crippen MR) is 40.1 cm³/mol. The summed E-state index contributed by atoms with van der Waals surface area (Å²) in [5, 5.41) is 17.1. The van der Waals surface area contributed by atoms with Crippen LogP contribution in [0, 0.1) is 0 Å². The van der Waals surface area contributed by atoms with E-state index in [4.69, 9.17) is 10.2 Å². The first kappa shape index (κ1) is 9.24. The molecule has 1 atom stereocenters. The average Bonchev–Trinajstić information content (AvgIpc) is 2.47. The number of rotatable bonds is 2. The fourth-order valence-electron chi connectivity index (χ4n) is 1.12. The normalized spacial score (nSPS) is 21.1. The lowest BCUT2D eigenvalue weighted by Gasteiger charge is -2.15. The number of hydrogen-bond donors (Lipinski definition) is 2. The zero-order chi connectivity index (χ0) is 10.0. The molecule has 6 heteroatoms. The number of nitrogens with zero attached hydrogens (tertiary/aromatic N) is 1. The molecule has 70 valence electrons. The highest BCUT2D eigenvalue weighted by atomic mass is 16.4. The summed E-state index contributed by atoms with van der Waals surface area (Å²) < 4.78 is 0. The van der Waals surface area contributed by atoms with Crippen LogP contribution in [-0.2, 0) is 9.59 Å². The van der Waals surface area contributed by atoms with Gasteiger partial charge >= 0.3 is 12.1 Å². The van der Waals surface area contributed by atoms with Gasteiger partial charge in [0.15, 0.2) is 0 Å². The summed E-state index contributed by atoms with van der Waals surface area (Å²) in [7, 11) is 0. The van der Waals surface area contributed by atoms with Crippen molar-refractivity contribution < 1.29 is 24.6 Å². The van der Waals surface area contributed by atoms with Crippen molar-refractivity contribution in [3.63, 3.8) is 0 Å². The van der Waals surface area contributed by atoms with Gasteiger partial charge in [0.1, 0.15) is 12.3 Å². The molecule has 0 spiro atoms. The number of carboxylic acid groups (broad SMARTS) is 2. The van der Waals surface area contributed by atoms with E-state index in [-0.39, 0.29) is 12.0 Å². The molecule has 0 aromatic carbocycles. The summed E-state index contributed by atoms with van der Waals surface area (Å²) in [4.78, 5) is 31.9. The smallest absolute Gasteiger partial charge is 0.412 e. The van der Waals surface area contributed by atoms with Crippen LogP contribution in [0.15, 0.2) is 11.8 Å². The molecule has 0 saturated heterocycles. The maximum Gasteiger partial charge on any atom is 0.412 e. The molecule has 0 aromatic heterocycles. The highest BCUT2D eigenvalue weighted by Crippen LogP contribution is 2.20. The van der Waals surface area contributed by atoms with Crippen molar-refractivity contribution in [1.82, 2.24) is 4.90 Å². The molecular formula is C7H7NO5. The van der Waals surface area contributed by atoms with E-state index in [0.29, 0.717) is 11.2 Å². The number of aliphatic carboxylic acids is 1. The lowest BCUT2D eigenvalue weighted by atomic mass is 10.1. The summed E-state index contributed by atoms with van der Waals surface area (Å²) in [6, 6.07) is -1.17. The van der Waals surface area contributed by atoms with Gasteiger partial charge in [-0.3, -0.25) is 9.69 Å². The van der Waals surface area contributed by atoms with E-state index in [2.05, 4.69) is 0 Å². The molecule has 1 aliphatic rings. The van der Waals surface area contributed by atoms with Crippen LogP contribution in [0.25, 0.3) is 0 Å². The van der Waals surface area contributed by atoms with E-state index in [1.54, 1.807) is 0 Å². The zero-order valence-corrected chi connectivity index (χ0v) is 6.51. The Balaban J connectivity index is 2.88. The standard InChI is InChI=1S/C7H7NO5/c9-3-4-1-5(6(10)11)8(2-4)7(12)13/h2-3,5H,1H2,(H,10,11)(H,12,13)/t5-/m0/s1. The van der Waals surface area contributed by atoms with E-state index < -0.39 is 18.1 Å². The van der Waals surface area contributed by atoms with Crippen molar-refractivity contribution in [2.75, 3.05) is 0 Å². The quantitative estimate of drug-likeness (QED) is 0.586. The average molecular weight is 185 g/mol. The van der Waals surface area contributed by atoms with Crippen molar-refractivity contribution >= 4 is 18.3 Å². The Kier molecular flexibility index (Phi) is 2.32. The molecule has 1 amide bonds. The lowest BCUT2D eigenvalue weighted by molar-refractivity contribution is -0.141. The Morgan fingerprint density at radius 2 is 2.15 bits per heavy atom. The van der Waals surface area contributed by atoms with Gasteiger partial charge in [-0.05, 0) is 0 Å². The molecule has 13 heavy (non-hydrogen) atoms. The first-order valence-electron chi connectivity index (χ1n) is 3.46. The molecule has 0 fully saturated rings. The molecule has 2 N–H and O–H groups in total. The highest BCUT2D eigenvalue weighted by Gasteiger charge is 2.34. The number of carboxylic acids is 1. The van der Waals surface area contributed by atoms with Crippen molar-refractivity contribution in [2.45, 2.75) is 12.5 Å². The number of hydrogen-bond acceptors (Lipinski definition) is 3. The minimum Gasteiger partial charge on any atom is -0.480 e. The summed E-state index contributed by atoms with van der Waals surface area (Å²) in [5.74, 6) is -1.25. The first-order chi connectivity index (χ1) is 6.06. The molecule has 0 bridgehead atoms. The number of carbonyl (C=O) groups excluding carboxylic acids is 1. The summed E-state index contributed by atoms with van der Waals surface area (Å²) in [6.45, 7) is 0. The van der Waals surface area contributed by atoms with E-state index in [1.807, 2.05) is 0 Å². The van der Waals surface area contributed by atoms with Gasteiger partial charge in [0, 0.05) is 18.2 Å². The molecule has 0 saturated carbocycles. The van der Waals surface area contributed by atoms with Gasteiger partial charge in [0.05, 0.1) is 0 Å². The minimum atomic E-state index is -1.37. The van der Waals surface area contributed by atoms with Gasteiger partial charge in [0.25, 0.3) is 0 Å². The van der Waals surface area contributed by atoms with Gasteiger partial charge < -0.3 is 10.2 Å². The zero-order valence-electron chi connectivity index (χ0n) is 6.51. The van der Waals surface area contributed by atoms with Crippen LogP contribution in [0.2, 0.25) is 0 Å². The summed E-state index contributed by atoms with van der Waals surface area (Å²) >= 11 is 0. The summed E-state index contributed by atoms with van der Waals surface area (Å²) in [6.07, 6.45) is 0.0576. The largest absolute Gasteiger partial charge is 0.480 e. The van der Waals surface area contributed by atoms with Crippen LogP contribution < -0.4 is 0 Å². The van der Waals surface area contributed by atoms with E-state index >= 15 is 0 Å². The fourth-order valence-corrected chi connectivity index (χ4v) is 1.12. The van der Waals surface area contributed by atoms with Crippen LogP contribution in [0.4, 0.5) is 4.79 Å². The third-order valence-electron chi connectivity index (χ3n) is 1.73. The van der Waals surface area contributed by atoms with Gasteiger partial charge in [-0.2, -0.15) is 0 Å². The molecule has 1 aliphatic heterocycles. The SMILES string of the molecule is O=CC1=CN(C(=O)O)[C@H](C(=O)O)C1. The Morgan fingerprint density at radius 1 is 1.54 bits per heavy atom. The van der Waals surface area contributed by atoms with Crippen LogP contribution in [0.3, 0.4) is 0 Å². The Hall–Kier alpha value is -1.85. The second-order valence-corrected chi connectivity index (χ2v) is 2.57. The maximum absolute atomic E-state index is 10.5. The van der Waals surface area contributed by atoms with E-state index in [1.165, 1.54) is 0 Å². The van der Waals surface area contributed by atoms with Gasteiger partial charge in [-0.25, -0.2) is 9.59 Å². The minimum absolute atomic E-state index is 0.0644. The molecule has 1 rings (SSSR count). The highest BCUT2D eigenvalue weighted by molar-refractivity contribution is 5.86. The molecule has 1 heterocycles. The molecule has 0 unspecified atom stereocenters. The molecular weight excluding hydrogens is 178 g/mol.